The average Bonchev–Trinajstić information content (AvgIpc) is 2.81. The zero-order chi connectivity index (χ0) is 13.1. The summed E-state index contributed by atoms with van der Waals surface area (Å²) in [4.78, 5) is 14.3. The number of nitrogens with zero attached hydrogens (tertiary/aromatic N) is 1. The van der Waals surface area contributed by atoms with Gasteiger partial charge in [-0.3, -0.25) is 4.79 Å². The van der Waals surface area contributed by atoms with Crippen LogP contribution in [0.3, 0.4) is 0 Å². The molecule has 1 saturated heterocycles. The van der Waals surface area contributed by atoms with E-state index in [2.05, 4.69) is 24.2 Å². The number of carbonyl (C=O) groups is 1. The van der Waals surface area contributed by atoms with E-state index in [-0.39, 0.29) is 11.9 Å². The Balaban J connectivity index is 1.94. The molecule has 1 aromatic rings. The van der Waals surface area contributed by atoms with Gasteiger partial charge in [0, 0.05) is 12.6 Å². The highest BCUT2D eigenvalue weighted by atomic mass is 16.4. The third-order valence-electron chi connectivity index (χ3n) is 3.51. The number of nitrogens with one attached hydrogen (secondary N) is 1. The van der Waals surface area contributed by atoms with E-state index >= 15 is 0 Å². The fourth-order valence-electron chi connectivity index (χ4n) is 2.42. The molecule has 0 bridgehead atoms. The summed E-state index contributed by atoms with van der Waals surface area (Å²) >= 11 is 0. The van der Waals surface area contributed by atoms with Crippen molar-refractivity contribution in [3.63, 3.8) is 0 Å². The second-order valence-electron chi connectivity index (χ2n) is 5.08. The zero-order valence-electron chi connectivity index (χ0n) is 11.0. The molecular formula is C13H21N3O2. The molecule has 2 unspecified atom stereocenters. The molecule has 1 aliphatic rings. The van der Waals surface area contributed by atoms with E-state index in [0.717, 1.165) is 19.5 Å². The van der Waals surface area contributed by atoms with E-state index in [0.29, 0.717) is 24.0 Å². The van der Waals surface area contributed by atoms with Crippen molar-refractivity contribution < 1.29 is 9.21 Å². The Kier molecular flexibility index (Phi) is 4.04. The molecule has 1 fully saturated rings. The number of likely N-dealkylation sites (tertiary alicyclic amines) is 1. The normalized spacial score (nSPS) is 25.1. The van der Waals surface area contributed by atoms with Crippen LogP contribution in [0.2, 0.25) is 0 Å². The zero-order valence-corrected chi connectivity index (χ0v) is 11.0. The topological polar surface area (TPSA) is 71.5 Å². The summed E-state index contributed by atoms with van der Waals surface area (Å²) in [5.41, 5.74) is 5.45. The molecule has 0 aliphatic carbocycles. The summed E-state index contributed by atoms with van der Waals surface area (Å²) in [7, 11) is 2.11. The van der Waals surface area contributed by atoms with Gasteiger partial charge in [-0.15, -0.1) is 0 Å². The van der Waals surface area contributed by atoms with Gasteiger partial charge >= 0.3 is 0 Å². The highest BCUT2D eigenvalue weighted by Crippen LogP contribution is 2.16. The molecule has 5 heteroatoms. The van der Waals surface area contributed by atoms with Crippen LogP contribution in [-0.4, -0.2) is 37.0 Å². The van der Waals surface area contributed by atoms with Crippen molar-refractivity contribution in [3.05, 3.63) is 23.7 Å². The third kappa shape index (κ3) is 2.91. The third-order valence-corrected chi connectivity index (χ3v) is 3.51. The van der Waals surface area contributed by atoms with Gasteiger partial charge in [0.15, 0.2) is 5.76 Å². The molecule has 1 amide bonds. The van der Waals surface area contributed by atoms with Crippen LogP contribution in [0.1, 0.15) is 29.7 Å². The van der Waals surface area contributed by atoms with E-state index in [1.165, 1.54) is 0 Å². The lowest BCUT2D eigenvalue weighted by molar-refractivity contribution is 0.0854. The summed E-state index contributed by atoms with van der Waals surface area (Å²) in [6.45, 7) is 4.50. The van der Waals surface area contributed by atoms with Gasteiger partial charge in [-0.2, -0.15) is 0 Å². The van der Waals surface area contributed by atoms with Gasteiger partial charge in [0.1, 0.15) is 5.76 Å². The number of nitrogens with two attached hydrogens (primary N) is 1. The highest BCUT2D eigenvalue weighted by Gasteiger charge is 2.26. The van der Waals surface area contributed by atoms with Crippen LogP contribution in [0.4, 0.5) is 0 Å². The van der Waals surface area contributed by atoms with E-state index in [4.69, 9.17) is 10.2 Å². The minimum absolute atomic E-state index is 0.142. The fraction of sp³-hybridized carbons (Fsp3) is 0.615. The molecule has 2 heterocycles. The summed E-state index contributed by atoms with van der Waals surface area (Å²) in [6.07, 6.45) is 0.980. The SMILES string of the molecule is CC1CN(C)CCC1NC(=O)c1ccc(CN)o1. The molecule has 0 spiro atoms. The number of furan rings is 1. The molecular weight excluding hydrogens is 230 g/mol. The lowest BCUT2D eigenvalue weighted by Gasteiger charge is -2.34. The first-order valence-electron chi connectivity index (χ1n) is 6.38. The van der Waals surface area contributed by atoms with Crippen LogP contribution >= 0.6 is 0 Å². The molecule has 18 heavy (non-hydrogen) atoms. The molecule has 0 saturated carbocycles. The van der Waals surface area contributed by atoms with Gasteiger partial charge < -0.3 is 20.4 Å². The van der Waals surface area contributed by atoms with Crippen molar-refractivity contribution in [2.24, 2.45) is 11.7 Å². The Morgan fingerprint density at radius 2 is 2.39 bits per heavy atom. The molecule has 0 radical (unpaired) electrons. The molecule has 0 aromatic carbocycles. The summed E-state index contributed by atoms with van der Waals surface area (Å²) in [5, 5.41) is 3.04. The van der Waals surface area contributed by atoms with Crippen molar-refractivity contribution in [1.82, 2.24) is 10.2 Å². The van der Waals surface area contributed by atoms with Crippen molar-refractivity contribution in [2.45, 2.75) is 25.9 Å². The molecule has 2 rings (SSSR count). The van der Waals surface area contributed by atoms with Crippen molar-refractivity contribution in [1.29, 1.82) is 0 Å². The van der Waals surface area contributed by atoms with Gasteiger partial charge in [0.2, 0.25) is 0 Å². The summed E-state index contributed by atoms with van der Waals surface area (Å²) in [5.74, 6) is 1.30. The fourth-order valence-corrected chi connectivity index (χ4v) is 2.42. The van der Waals surface area contributed by atoms with E-state index in [1.807, 2.05) is 0 Å². The number of carbonyl (C=O) groups excluding carboxylic acids is 1. The van der Waals surface area contributed by atoms with Crippen molar-refractivity contribution in [3.8, 4) is 0 Å². The number of rotatable bonds is 3. The van der Waals surface area contributed by atoms with Crippen LogP contribution < -0.4 is 11.1 Å². The van der Waals surface area contributed by atoms with Crippen LogP contribution in [0.25, 0.3) is 0 Å². The van der Waals surface area contributed by atoms with Gasteiger partial charge in [-0.05, 0) is 38.1 Å². The van der Waals surface area contributed by atoms with Gasteiger partial charge in [-0.1, -0.05) is 6.92 Å². The average molecular weight is 251 g/mol. The van der Waals surface area contributed by atoms with Crippen LogP contribution in [0, 0.1) is 5.92 Å². The van der Waals surface area contributed by atoms with Crippen molar-refractivity contribution in [2.75, 3.05) is 20.1 Å². The second-order valence-corrected chi connectivity index (χ2v) is 5.08. The Labute approximate surface area is 107 Å². The Morgan fingerprint density at radius 3 is 3.00 bits per heavy atom. The highest BCUT2D eigenvalue weighted by molar-refractivity contribution is 5.91. The molecule has 100 valence electrons. The first-order chi connectivity index (χ1) is 8.60. The number of piperidine rings is 1. The Hall–Kier alpha value is -1.33. The Morgan fingerprint density at radius 1 is 1.61 bits per heavy atom. The van der Waals surface area contributed by atoms with Crippen LogP contribution in [0.5, 0.6) is 0 Å². The largest absolute Gasteiger partial charge is 0.455 e. The molecule has 1 aliphatic heterocycles. The lowest BCUT2D eigenvalue weighted by atomic mass is 9.94. The Bertz CT molecular complexity index is 416. The van der Waals surface area contributed by atoms with E-state index in [9.17, 15) is 4.79 Å². The second kappa shape index (κ2) is 5.54. The number of hydrogen-bond acceptors (Lipinski definition) is 4. The summed E-state index contributed by atoms with van der Waals surface area (Å²) in [6, 6.07) is 3.64. The minimum atomic E-state index is -0.142. The van der Waals surface area contributed by atoms with Crippen LogP contribution in [0.15, 0.2) is 16.5 Å². The molecule has 2 atom stereocenters. The van der Waals surface area contributed by atoms with Crippen molar-refractivity contribution >= 4 is 5.91 Å². The monoisotopic (exact) mass is 251 g/mol. The lowest BCUT2D eigenvalue weighted by Crippen LogP contribution is -2.48. The van der Waals surface area contributed by atoms with Gasteiger partial charge in [0.05, 0.1) is 6.54 Å². The smallest absolute Gasteiger partial charge is 0.287 e. The first-order valence-corrected chi connectivity index (χ1v) is 6.38. The molecule has 3 N–H and O–H groups in total. The maximum Gasteiger partial charge on any atom is 0.287 e. The predicted molar refractivity (Wildman–Crippen MR) is 69.1 cm³/mol. The standard InChI is InChI=1S/C13H21N3O2/c1-9-8-16(2)6-5-11(9)15-13(17)12-4-3-10(7-14)18-12/h3-4,9,11H,5-8,14H2,1-2H3,(H,15,17). The first kappa shape index (κ1) is 13.1. The molecule has 5 nitrogen and oxygen atoms in total. The van der Waals surface area contributed by atoms with Gasteiger partial charge in [0.25, 0.3) is 5.91 Å². The van der Waals surface area contributed by atoms with Crippen LogP contribution in [-0.2, 0) is 6.54 Å². The van der Waals surface area contributed by atoms with E-state index in [1.54, 1.807) is 12.1 Å². The maximum atomic E-state index is 12.0. The number of hydrogen-bond donors (Lipinski definition) is 2. The molecule has 1 aromatic heterocycles. The minimum Gasteiger partial charge on any atom is -0.455 e. The number of amides is 1. The summed E-state index contributed by atoms with van der Waals surface area (Å²) < 4.78 is 5.35. The quantitative estimate of drug-likeness (QED) is 0.834. The van der Waals surface area contributed by atoms with E-state index < -0.39 is 0 Å². The maximum absolute atomic E-state index is 12.0. The predicted octanol–water partition coefficient (Wildman–Crippen LogP) is 0.808. The van der Waals surface area contributed by atoms with Gasteiger partial charge in [-0.25, -0.2) is 0 Å².